The summed E-state index contributed by atoms with van der Waals surface area (Å²) in [6, 6.07) is 9.47. The molecule has 18 atom stereocenters. The summed E-state index contributed by atoms with van der Waals surface area (Å²) in [5, 5.41) is 53.5. The molecule has 1 aromatic rings. The van der Waals surface area contributed by atoms with E-state index in [-0.39, 0.29) is 38.0 Å². The molecule has 65 heavy (non-hydrogen) atoms. The van der Waals surface area contributed by atoms with Crippen LogP contribution in [0.25, 0.3) is 0 Å². The first-order valence-electron chi connectivity index (χ1n) is 23.3. The number of anilines is 1. The highest BCUT2D eigenvalue weighted by Gasteiger charge is 2.54. The molecule has 0 spiro atoms. The van der Waals surface area contributed by atoms with Gasteiger partial charge in [-0.3, -0.25) is 9.59 Å². The molecule has 3 heterocycles. The summed E-state index contributed by atoms with van der Waals surface area (Å²) in [5.74, 6) is -4.66. The smallest absolute Gasteiger partial charge is 0.311 e. The number of esters is 2. The van der Waals surface area contributed by atoms with Crippen LogP contribution in [0.5, 0.6) is 0 Å². The highest BCUT2D eigenvalue weighted by Crippen LogP contribution is 2.41. The zero-order valence-electron chi connectivity index (χ0n) is 41.5. The van der Waals surface area contributed by atoms with Crippen molar-refractivity contribution in [2.45, 2.75) is 186 Å². The Kier molecular flexibility index (Phi) is 19.2. The molecule has 4 rings (SSSR count). The van der Waals surface area contributed by atoms with E-state index in [1.807, 2.05) is 75.1 Å². The zero-order chi connectivity index (χ0) is 48.8. The van der Waals surface area contributed by atoms with Crippen molar-refractivity contribution >= 4 is 23.3 Å². The van der Waals surface area contributed by atoms with Crippen molar-refractivity contribution in [1.82, 2.24) is 4.90 Å². The second kappa shape index (κ2) is 22.9. The number of likely N-dealkylation sites (N-methyl/N-ethyl adjacent to an activating group) is 2. The molecular formula is C48H81N3O14. The number of rotatable bonds is 13. The molecular weight excluding hydrogens is 843 g/mol. The molecule has 0 radical (unpaired) electrons. The number of methoxy groups -OCH3 is 1. The van der Waals surface area contributed by atoms with Gasteiger partial charge >= 0.3 is 11.9 Å². The summed E-state index contributed by atoms with van der Waals surface area (Å²) < 4.78 is 44.1. The first-order chi connectivity index (χ1) is 30.3. The number of carbonyl (C=O) groups is 2. The highest BCUT2D eigenvalue weighted by molar-refractivity contribution is 5.88. The van der Waals surface area contributed by atoms with Crippen molar-refractivity contribution in [2.75, 3.05) is 46.3 Å². The normalized spacial score (nSPS) is 41.9. The molecule has 0 aromatic heterocycles. The summed E-state index contributed by atoms with van der Waals surface area (Å²) in [7, 11) is 7.18. The Balaban J connectivity index is 1.84. The Morgan fingerprint density at radius 3 is 2.15 bits per heavy atom. The van der Waals surface area contributed by atoms with Gasteiger partial charge in [-0.2, -0.15) is 0 Å². The van der Waals surface area contributed by atoms with Crippen molar-refractivity contribution in [3.05, 3.63) is 30.3 Å². The van der Waals surface area contributed by atoms with E-state index in [0.29, 0.717) is 18.7 Å². The van der Waals surface area contributed by atoms with E-state index in [9.17, 15) is 30.0 Å². The number of hydrogen-bond donors (Lipinski definition) is 4. The minimum absolute atomic E-state index is 0.0195. The number of para-hydroxylation sites is 1. The zero-order valence-corrected chi connectivity index (χ0v) is 41.5. The fourth-order valence-corrected chi connectivity index (χ4v) is 10.1. The Morgan fingerprint density at radius 2 is 1.57 bits per heavy atom. The number of hydrogen-bond acceptors (Lipinski definition) is 17. The van der Waals surface area contributed by atoms with Crippen LogP contribution in [-0.4, -0.2) is 169 Å². The third kappa shape index (κ3) is 13.2. The Hall–Kier alpha value is -2.97. The predicted molar refractivity (Wildman–Crippen MR) is 244 cm³/mol. The van der Waals surface area contributed by atoms with Gasteiger partial charge in [0.15, 0.2) is 18.7 Å². The molecule has 0 amide bonds. The maximum absolute atomic E-state index is 14.5. The highest BCUT2D eigenvalue weighted by atomic mass is 16.7. The van der Waals surface area contributed by atoms with Crippen LogP contribution in [0.3, 0.4) is 0 Å². The number of nitrogens with zero attached hydrogens (tertiary/aromatic N) is 3. The second-order valence-electron chi connectivity index (χ2n) is 19.8. The Labute approximate surface area is 387 Å². The lowest BCUT2D eigenvalue weighted by Crippen LogP contribution is -2.61. The van der Waals surface area contributed by atoms with Gasteiger partial charge in [-0.15, -0.1) is 0 Å². The van der Waals surface area contributed by atoms with Gasteiger partial charge in [-0.25, -0.2) is 0 Å². The lowest BCUT2D eigenvalue weighted by molar-refractivity contribution is -0.318. The quantitative estimate of drug-likeness (QED) is 0.124. The van der Waals surface area contributed by atoms with Crippen LogP contribution in [0.4, 0.5) is 5.69 Å². The van der Waals surface area contributed by atoms with Gasteiger partial charge in [0, 0.05) is 57.0 Å². The SMILES string of the molecule is CC[C@H]1OC(=O)[C@H](C)[C@@H](O[C@H]2C[C@@](C)(OC)[C@@H](OC(C)=O)[C@H](C)O2)[C@H](C)[C@@H](O[C@@H]2O[C@H](C)C[C@H](N(C)C)[C@H]2O)C(C)(O)C[C@@H](C)/C(=N\OCCN(C)c2ccccc2)[C@H](C)[C@@H](O)[C@]1(C)O. The second-order valence-corrected chi connectivity index (χ2v) is 19.8. The molecule has 372 valence electrons. The summed E-state index contributed by atoms with van der Waals surface area (Å²) in [4.78, 5) is 36.6. The number of oxime groups is 1. The number of ether oxygens (including phenoxy) is 7. The fraction of sp³-hybridized carbons (Fsp3) is 0.812. The molecule has 17 nitrogen and oxygen atoms in total. The van der Waals surface area contributed by atoms with E-state index >= 15 is 0 Å². The van der Waals surface area contributed by atoms with E-state index < -0.39 is 108 Å². The predicted octanol–water partition coefficient (Wildman–Crippen LogP) is 4.30. The summed E-state index contributed by atoms with van der Waals surface area (Å²) >= 11 is 0. The standard InChI is InChI=1S/C48H81N3O14/c1-16-36-48(11,57)41(54)29(4)38(49-59-23-22-51(14)34-20-18-17-19-21-34)27(2)25-46(9,56)42(65-45-39(53)35(50(12)13)24-28(3)60-45)30(5)40(31(6)44(55)63-36)64-37-26-47(10,58-15)43(32(7)61-37)62-33(8)52/h17-21,27-32,35-37,39-43,45,53-54,56-57H,16,22-26H2,1-15H3/b49-38+/t27-,28-,29+,30+,31-,32+,35+,36-,37+,39-,40+,41-,42-,43+,45+,46?,47-,48-/m1/s1. The Morgan fingerprint density at radius 1 is 0.923 bits per heavy atom. The topological polar surface area (TPSA) is 208 Å². The van der Waals surface area contributed by atoms with Crippen LogP contribution in [-0.2, 0) is 47.6 Å². The maximum Gasteiger partial charge on any atom is 0.311 e. The molecule has 3 saturated heterocycles. The van der Waals surface area contributed by atoms with Crippen LogP contribution >= 0.6 is 0 Å². The molecule has 4 N–H and O–H groups in total. The largest absolute Gasteiger partial charge is 0.459 e. The van der Waals surface area contributed by atoms with E-state index in [1.165, 1.54) is 21.0 Å². The Bertz CT molecular complexity index is 1700. The van der Waals surface area contributed by atoms with E-state index in [0.717, 1.165) is 5.69 Å². The lowest BCUT2D eigenvalue weighted by Gasteiger charge is -2.49. The van der Waals surface area contributed by atoms with Gasteiger partial charge in [0.2, 0.25) is 0 Å². The summed E-state index contributed by atoms with van der Waals surface area (Å²) in [6.07, 6.45) is -9.41. The van der Waals surface area contributed by atoms with Gasteiger partial charge in [-0.1, -0.05) is 51.0 Å². The molecule has 1 unspecified atom stereocenters. The number of benzene rings is 1. The lowest BCUT2D eigenvalue weighted by atomic mass is 9.73. The van der Waals surface area contributed by atoms with Crippen molar-refractivity contribution < 1.29 is 68.0 Å². The molecule has 3 aliphatic rings. The van der Waals surface area contributed by atoms with E-state index in [2.05, 4.69) is 5.16 Å². The van der Waals surface area contributed by atoms with E-state index in [1.54, 1.807) is 48.5 Å². The van der Waals surface area contributed by atoms with E-state index in [4.69, 9.17) is 38.0 Å². The fourth-order valence-electron chi connectivity index (χ4n) is 10.1. The van der Waals surface area contributed by atoms with Gasteiger partial charge in [0.05, 0.1) is 54.3 Å². The molecule has 0 aliphatic carbocycles. The minimum atomic E-state index is -1.97. The molecule has 17 heteroatoms. The average molecular weight is 924 g/mol. The van der Waals surface area contributed by atoms with Crippen molar-refractivity contribution in [3.63, 3.8) is 0 Å². The number of aliphatic hydroxyl groups is 4. The monoisotopic (exact) mass is 924 g/mol. The van der Waals surface area contributed by atoms with Gasteiger partial charge in [0.1, 0.15) is 30.0 Å². The minimum Gasteiger partial charge on any atom is -0.459 e. The third-order valence-corrected chi connectivity index (χ3v) is 14.0. The van der Waals surface area contributed by atoms with Crippen LogP contribution in [0.1, 0.15) is 102 Å². The first kappa shape index (κ1) is 54.6. The molecule has 0 saturated carbocycles. The van der Waals surface area contributed by atoms with Gasteiger partial charge in [-0.05, 0) is 87.0 Å². The van der Waals surface area contributed by atoms with Gasteiger partial charge < -0.3 is 68.2 Å². The number of cyclic esters (lactones) is 1. The van der Waals surface area contributed by atoms with Crippen LogP contribution in [0.15, 0.2) is 35.5 Å². The number of carbonyl (C=O) groups excluding carboxylic acids is 2. The summed E-state index contributed by atoms with van der Waals surface area (Å²) in [6.45, 7) is 19.2. The molecule has 0 bridgehead atoms. The van der Waals surface area contributed by atoms with Crippen molar-refractivity contribution in [1.29, 1.82) is 0 Å². The van der Waals surface area contributed by atoms with Crippen molar-refractivity contribution in [2.24, 2.45) is 28.8 Å². The van der Waals surface area contributed by atoms with Crippen LogP contribution in [0, 0.1) is 23.7 Å². The van der Waals surface area contributed by atoms with Crippen LogP contribution in [0.2, 0.25) is 0 Å². The van der Waals surface area contributed by atoms with Crippen molar-refractivity contribution in [3.8, 4) is 0 Å². The van der Waals surface area contributed by atoms with Gasteiger partial charge in [0.25, 0.3) is 0 Å². The average Bonchev–Trinajstić information content (AvgIpc) is 3.24. The molecule has 3 fully saturated rings. The van der Waals surface area contributed by atoms with Crippen LogP contribution < -0.4 is 4.90 Å². The molecule has 3 aliphatic heterocycles. The first-order valence-corrected chi connectivity index (χ1v) is 23.3. The summed E-state index contributed by atoms with van der Waals surface area (Å²) in [5.41, 5.74) is -3.47. The molecule has 1 aromatic carbocycles. The number of aliphatic hydroxyl groups excluding tert-OH is 2. The third-order valence-electron chi connectivity index (χ3n) is 14.0. The maximum atomic E-state index is 14.5.